The van der Waals surface area contributed by atoms with Crippen LogP contribution in [0.1, 0.15) is 49.9 Å². The molecule has 174 valence electrons. The van der Waals surface area contributed by atoms with Gasteiger partial charge < -0.3 is 9.64 Å². The average Bonchev–Trinajstić information content (AvgIpc) is 2.80. The smallest absolute Gasteiger partial charge is 0.148 e. The van der Waals surface area contributed by atoms with Gasteiger partial charge in [0.2, 0.25) is 0 Å². The summed E-state index contributed by atoms with van der Waals surface area (Å²) in [6, 6.07) is 12.7. The summed E-state index contributed by atoms with van der Waals surface area (Å²) in [6.07, 6.45) is 6.18. The molecule has 1 aromatic carbocycles. The van der Waals surface area contributed by atoms with Crippen LogP contribution < -0.4 is 10.3 Å². The van der Waals surface area contributed by atoms with Gasteiger partial charge in [-0.1, -0.05) is 43.7 Å². The van der Waals surface area contributed by atoms with Crippen LogP contribution in [0.2, 0.25) is 0 Å². The first-order valence-electron chi connectivity index (χ1n) is 12.1. The van der Waals surface area contributed by atoms with Gasteiger partial charge in [0.25, 0.3) is 0 Å². The zero-order chi connectivity index (χ0) is 22.6. The summed E-state index contributed by atoms with van der Waals surface area (Å²) < 4.78 is 5.46. The van der Waals surface area contributed by atoms with Crippen LogP contribution in [0.25, 0.3) is 0 Å². The van der Waals surface area contributed by atoms with Crippen LogP contribution in [0.4, 0.5) is 11.5 Å². The van der Waals surface area contributed by atoms with Crippen LogP contribution in [0.15, 0.2) is 41.5 Å². The van der Waals surface area contributed by atoms with Gasteiger partial charge in [-0.15, -0.1) is 0 Å². The quantitative estimate of drug-likeness (QED) is 0.384. The van der Waals surface area contributed by atoms with Crippen molar-refractivity contribution in [2.45, 2.75) is 46.5 Å². The minimum absolute atomic E-state index is 0.810. The number of rotatable bonds is 12. The van der Waals surface area contributed by atoms with Crippen LogP contribution in [0.5, 0.6) is 0 Å². The van der Waals surface area contributed by atoms with Gasteiger partial charge in [-0.05, 0) is 50.8 Å². The minimum atomic E-state index is 0.810. The highest BCUT2D eigenvalue weighted by molar-refractivity contribution is 5.80. The van der Waals surface area contributed by atoms with Crippen LogP contribution in [0.3, 0.4) is 0 Å². The van der Waals surface area contributed by atoms with Gasteiger partial charge in [0.1, 0.15) is 5.82 Å². The second-order valence-corrected chi connectivity index (χ2v) is 8.53. The number of aryl methyl sites for hydroxylation is 2. The van der Waals surface area contributed by atoms with E-state index in [2.05, 4.69) is 77.5 Å². The molecule has 1 N–H and O–H groups in total. The molecule has 0 radical (unpaired) electrons. The lowest BCUT2D eigenvalue weighted by Gasteiger charge is -2.26. The zero-order valence-corrected chi connectivity index (χ0v) is 20.0. The van der Waals surface area contributed by atoms with Gasteiger partial charge in [0, 0.05) is 43.6 Å². The largest absolute Gasteiger partial charge is 0.379 e. The summed E-state index contributed by atoms with van der Waals surface area (Å²) in [5.74, 6) is 0.810. The Labute approximate surface area is 193 Å². The van der Waals surface area contributed by atoms with Gasteiger partial charge in [-0.3, -0.25) is 10.3 Å². The fourth-order valence-electron chi connectivity index (χ4n) is 4.08. The number of hydrogen-bond donors (Lipinski definition) is 1. The molecule has 1 fully saturated rings. The van der Waals surface area contributed by atoms with E-state index in [4.69, 9.17) is 9.72 Å². The lowest BCUT2D eigenvalue weighted by molar-refractivity contribution is 0.0374. The molecule has 1 aliphatic heterocycles. The zero-order valence-electron chi connectivity index (χ0n) is 20.0. The molecule has 3 rings (SSSR count). The third-order valence-electron chi connectivity index (χ3n) is 5.66. The molecule has 1 saturated heterocycles. The molecule has 2 aromatic rings. The maximum Gasteiger partial charge on any atom is 0.148 e. The van der Waals surface area contributed by atoms with Crippen molar-refractivity contribution in [3.63, 3.8) is 0 Å². The van der Waals surface area contributed by atoms with Crippen LogP contribution in [-0.2, 0) is 11.2 Å². The van der Waals surface area contributed by atoms with Crippen molar-refractivity contribution in [3.05, 3.63) is 53.2 Å². The highest BCUT2D eigenvalue weighted by Crippen LogP contribution is 2.22. The maximum atomic E-state index is 5.46. The van der Waals surface area contributed by atoms with E-state index in [0.29, 0.717) is 0 Å². The number of pyridine rings is 1. The molecular formula is C26H39N5O. The Kier molecular flexibility index (Phi) is 9.98. The Balaban J connectivity index is 1.71. The number of benzene rings is 1. The molecule has 0 bridgehead atoms. The first-order valence-corrected chi connectivity index (χ1v) is 12.1. The number of nitrogens with one attached hydrogen (secondary N) is 1. The van der Waals surface area contributed by atoms with E-state index in [-0.39, 0.29) is 0 Å². The monoisotopic (exact) mass is 437 g/mol. The molecule has 1 aliphatic rings. The maximum absolute atomic E-state index is 5.46. The third-order valence-corrected chi connectivity index (χ3v) is 5.66. The lowest BCUT2D eigenvalue weighted by atomic mass is 10.1. The van der Waals surface area contributed by atoms with Gasteiger partial charge >= 0.3 is 0 Å². The van der Waals surface area contributed by atoms with Crippen LogP contribution >= 0.6 is 0 Å². The Bertz CT molecular complexity index is 842. The standard InChI is InChI=1S/C26H39N5O/c1-4-11-31(12-5-2)25-19-24(10-7-13-30-14-16-32-17-15-30)28-26(20-25)29-27-21-23-9-6-8-22(3)18-23/h6,8-9,18-21H,4-5,7,10-17H2,1-3H3,(H,28,29)/b27-21+. The molecule has 6 heteroatoms. The molecule has 2 heterocycles. The summed E-state index contributed by atoms with van der Waals surface area (Å²) in [5.41, 5.74) is 7.85. The molecule has 0 atom stereocenters. The molecule has 6 nitrogen and oxygen atoms in total. The molecular weight excluding hydrogens is 398 g/mol. The predicted molar refractivity (Wildman–Crippen MR) is 135 cm³/mol. The Morgan fingerprint density at radius 2 is 1.91 bits per heavy atom. The van der Waals surface area contributed by atoms with Crippen molar-refractivity contribution in [2.24, 2.45) is 5.10 Å². The Morgan fingerprint density at radius 3 is 2.62 bits per heavy atom. The van der Waals surface area contributed by atoms with Crippen molar-refractivity contribution in [1.82, 2.24) is 9.88 Å². The topological polar surface area (TPSA) is 53.0 Å². The van der Waals surface area contributed by atoms with E-state index < -0.39 is 0 Å². The third kappa shape index (κ3) is 7.92. The van der Waals surface area contributed by atoms with Crippen molar-refractivity contribution < 1.29 is 4.74 Å². The van der Waals surface area contributed by atoms with E-state index in [1.54, 1.807) is 0 Å². The van der Waals surface area contributed by atoms with E-state index in [1.807, 2.05) is 6.21 Å². The van der Waals surface area contributed by atoms with Crippen LogP contribution in [-0.4, -0.2) is 62.0 Å². The van der Waals surface area contributed by atoms with Crippen molar-refractivity contribution >= 4 is 17.7 Å². The predicted octanol–water partition coefficient (Wildman–Crippen LogP) is 4.73. The Hall–Kier alpha value is -2.44. The number of hydrogen-bond acceptors (Lipinski definition) is 6. The number of hydrazone groups is 1. The highest BCUT2D eigenvalue weighted by atomic mass is 16.5. The van der Waals surface area contributed by atoms with Gasteiger partial charge in [-0.2, -0.15) is 5.10 Å². The summed E-state index contributed by atoms with van der Waals surface area (Å²) in [6.45, 7) is 13.5. The summed E-state index contributed by atoms with van der Waals surface area (Å²) in [5, 5.41) is 4.46. The molecule has 0 amide bonds. The number of morpholine rings is 1. The van der Waals surface area contributed by atoms with E-state index in [1.165, 1.54) is 11.3 Å². The summed E-state index contributed by atoms with van der Waals surface area (Å²) in [7, 11) is 0. The molecule has 0 unspecified atom stereocenters. The number of anilines is 2. The van der Waals surface area contributed by atoms with Crippen molar-refractivity contribution in [1.29, 1.82) is 0 Å². The van der Waals surface area contributed by atoms with Gasteiger partial charge in [-0.25, -0.2) is 4.98 Å². The number of ether oxygens (including phenoxy) is 1. The van der Waals surface area contributed by atoms with Crippen molar-refractivity contribution in [3.8, 4) is 0 Å². The van der Waals surface area contributed by atoms with E-state index in [0.717, 1.165) is 88.7 Å². The highest BCUT2D eigenvalue weighted by Gasteiger charge is 2.12. The van der Waals surface area contributed by atoms with Crippen LogP contribution in [0, 0.1) is 6.92 Å². The van der Waals surface area contributed by atoms with E-state index >= 15 is 0 Å². The summed E-state index contributed by atoms with van der Waals surface area (Å²) in [4.78, 5) is 9.82. The van der Waals surface area contributed by atoms with Gasteiger partial charge in [0.15, 0.2) is 0 Å². The molecule has 1 aromatic heterocycles. The summed E-state index contributed by atoms with van der Waals surface area (Å²) >= 11 is 0. The lowest BCUT2D eigenvalue weighted by Crippen LogP contribution is -2.37. The van der Waals surface area contributed by atoms with E-state index in [9.17, 15) is 0 Å². The fourth-order valence-corrected chi connectivity index (χ4v) is 4.08. The first kappa shape index (κ1) is 24.2. The Morgan fingerprint density at radius 1 is 1.12 bits per heavy atom. The normalized spacial score (nSPS) is 14.7. The average molecular weight is 438 g/mol. The van der Waals surface area contributed by atoms with Crippen molar-refractivity contribution in [2.75, 3.05) is 56.3 Å². The molecule has 0 aliphatic carbocycles. The van der Waals surface area contributed by atoms with Gasteiger partial charge in [0.05, 0.1) is 19.4 Å². The second-order valence-electron chi connectivity index (χ2n) is 8.53. The first-order chi connectivity index (χ1) is 15.7. The minimum Gasteiger partial charge on any atom is -0.379 e. The SMILES string of the molecule is CCCN(CCC)c1cc(CCCN2CCOCC2)nc(N/N=C/c2cccc(C)c2)c1. The molecule has 0 spiro atoms. The number of aromatic nitrogens is 1. The fraction of sp³-hybridized carbons (Fsp3) is 0.538. The number of nitrogens with zero attached hydrogens (tertiary/aromatic N) is 4. The second kappa shape index (κ2) is 13.2. The molecule has 0 saturated carbocycles. The molecule has 32 heavy (non-hydrogen) atoms.